The number of nitrogens with zero attached hydrogens (tertiary/aromatic N) is 22. The third-order valence-electron chi connectivity index (χ3n) is 5.35. The molecule has 1 N–H and O–H groups in total. The van der Waals surface area contributed by atoms with Crippen LogP contribution in [-0.2, 0) is 0 Å². The molecule has 11 heterocycles. The minimum Gasteiger partial charge on any atom is -0.365 e. The van der Waals surface area contributed by atoms with Gasteiger partial charge in [-0.05, 0) is 105 Å². The zero-order valence-corrected chi connectivity index (χ0v) is 68.1. The van der Waals surface area contributed by atoms with E-state index in [1.54, 1.807) is 68.0 Å². The van der Waals surface area contributed by atoms with Gasteiger partial charge in [0.1, 0.15) is 23.2 Å². The first kappa shape index (κ1) is 106. The zero-order chi connectivity index (χ0) is 75.6. The van der Waals surface area contributed by atoms with E-state index in [1.807, 2.05) is 42.9 Å². The fraction of sp³-hybridized carbons (Fsp3) is 0.631. The van der Waals surface area contributed by atoms with Crippen LogP contribution in [0.15, 0.2) is 147 Å². The minimum absolute atomic E-state index is 0.418. The molecule has 0 unspecified atom stereocenters. The third kappa shape index (κ3) is 150. The van der Waals surface area contributed by atoms with Gasteiger partial charge in [0.05, 0.1) is 65.4 Å². The molecule has 0 saturated heterocycles. The van der Waals surface area contributed by atoms with Gasteiger partial charge in [-0.15, -0.1) is 20.4 Å². The second-order valence-corrected chi connectivity index (χ2v) is 28.1. The number of hydrogen-bond donors (Lipinski definition) is 1. The molecule has 0 saturated carbocycles. The summed E-state index contributed by atoms with van der Waals surface area (Å²) in [6, 6.07) is 5.46. The zero-order valence-electron chi connectivity index (χ0n) is 64.0. The number of nitrogens with one attached hydrogen (secondary N) is 1. The topological polar surface area (TPSA) is 352 Å². The molecule has 11 rings (SSSR count). The maximum atomic E-state index is 4.38. The Kier molecular flexibility index (Phi) is 96.4. The number of rotatable bonds is 3. The van der Waals surface area contributed by atoms with Crippen LogP contribution in [0.25, 0.3) is 0 Å². The van der Waals surface area contributed by atoms with Crippen LogP contribution in [0.3, 0.4) is 0 Å². The van der Waals surface area contributed by atoms with Crippen molar-refractivity contribution in [2.45, 2.75) is 225 Å². The predicted molar refractivity (Wildman–Crippen MR) is 402 cm³/mol. The molecule has 97 heavy (non-hydrogen) atoms. The summed E-state index contributed by atoms with van der Waals surface area (Å²) in [6.45, 7) is 64.4. The number of aromatic nitrogens is 23. The summed E-state index contributed by atoms with van der Waals surface area (Å²) >= 11 is 6.54. The Balaban J connectivity index is -0.000000144. The van der Waals surface area contributed by atoms with Gasteiger partial charge in [-0.25, -0.2) is 13.6 Å². The molecule has 11 aromatic rings. The summed E-state index contributed by atoms with van der Waals surface area (Å²) in [5.74, 6) is 8.07. The monoisotopic (exact) mass is 1450 g/mol. The van der Waals surface area contributed by atoms with Crippen molar-refractivity contribution in [3.05, 3.63) is 145 Å². The first-order valence-electron chi connectivity index (χ1n) is 31.9. The van der Waals surface area contributed by atoms with Crippen molar-refractivity contribution < 1.29 is 18.3 Å². The first-order valence-corrected chi connectivity index (χ1v) is 35.8. The lowest BCUT2D eigenvalue weighted by Gasteiger charge is -1.92. The van der Waals surface area contributed by atoms with Crippen molar-refractivity contribution in [1.82, 2.24) is 113 Å². The van der Waals surface area contributed by atoms with Crippen LogP contribution in [0.4, 0.5) is 0 Å². The summed E-state index contributed by atoms with van der Waals surface area (Å²) in [6.07, 6.45) is 25.5. The van der Waals surface area contributed by atoms with E-state index in [0.29, 0.717) is 17.8 Å². The van der Waals surface area contributed by atoms with Crippen LogP contribution in [-0.4, -0.2) is 113 Å². The van der Waals surface area contributed by atoms with E-state index < -0.39 is 0 Å². The van der Waals surface area contributed by atoms with Gasteiger partial charge >= 0.3 is 0 Å². The third-order valence-corrected chi connectivity index (χ3v) is 8.05. The van der Waals surface area contributed by atoms with E-state index >= 15 is 0 Å². The normalized spacial score (nSPS) is 8.92. The van der Waals surface area contributed by atoms with E-state index in [9.17, 15) is 0 Å². The average molecular weight is 1450 g/mol. The van der Waals surface area contributed by atoms with Crippen molar-refractivity contribution in [3.63, 3.8) is 0 Å². The van der Waals surface area contributed by atoms with E-state index in [0.717, 1.165) is 75.5 Å². The second kappa shape index (κ2) is 88.6. The second-order valence-electron chi connectivity index (χ2n) is 24.9. The average Bonchev–Trinajstić information content (AvgIpc) is 2.08. The van der Waals surface area contributed by atoms with Crippen LogP contribution in [0.1, 0.15) is 242 Å². The summed E-state index contributed by atoms with van der Waals surface area (Å²) < 4.78 is 42.7. The standard InChI is InChI=1S/C5H8N2O.C5H8N2S.C4H7N3S.C4H4N2.8C4H10.C3H4N2.C3H3NO.C3H3NS.C2H2N2O.C2H2N2S.CHN3O.CHN3S/c2*1-4(2)5-3-6-8-7-5;1-3(2)4-5-6-7-8-4;1-2-6-4-3-5-1;8*1-4(2)3;3*1-2-4-5-3-1;2*1-2-5-4-3-1;2*1-2-4-5-3-1/h2*3-4H,1-2H3;3H,1-2H3;1-4H;8*4H,1-3H3;1-3H,(H,4,5);2*1-3H;2*1-2H;2*1H. The molecule has 0 spiro atoms. The van der Waals surface area contributed by atoms with E-state index in [4.69, 9.17) is 0 Å². The molecule has 0 fully saturated rings. The molecule has 0 aromatic carbocycles. The maximum Gasteiger partial charge on any atom is 0.183 e. The van der Waals surface area contributed by atoms with Crippen LogP contribution in [0.5, 0.6) is 0 Å². The Morgan fingerprint density at radius 3 is 1.08 bits per heavy atom. The highest BCUT2D eigenvalue weighted by molar-refractivity contribution is 7.05. The highest BCUT2D eigenvalue weighted by Crippen LogP contribution is 2.12. The van der Waals surface area contributed by atoms with Crippen molar-refractivity contribution in [1.29, 1.82) is 0 Å². The van der Waals surface area contributed by atoms with Crippen LogP contribution >= 0.6 is 58.1 Å². The van der Waals surface area contributed by atoms with Crippen molar-refractivity contribution in [3.8, 4) is 0 Å². The van der Waals surface area contributed by atoms with E-state index in [1.165, 1.54) is 77.7 Å². The lowest BCUT2D eigenvalue weighted by molar-refractivity contribution is 0.292. The fourth-order valence-corrected chi connectivity index (χ4v) is 4.35. The molecule has 0 aliphatic heterocycles. The quantitative estimate of drug-likeness (QED) is 0.172. The van der Waals surface area contributed by atoms with E-state index in [2.05, 4.69) is 325 Å². The van der Waals surface area contributed by atoms with Gasteiger partial charge in [0, 0.05) is 82.8 Å². The molecule has 11 aromatic heterocycles. The molecular formula is C65H123N23O4S5. The van der Waals surface area contributed by atoms with Gasteiger partial charge < -0.3 is 9.05 Å². The molecule has 0 amide bonds. The summed E-state index contributed by atoms with van der Waals surface area (Å²) in [5.41, 5.74) is 2.00. The summed E-state index contributed by atoms with van der Waals surface area (Å²) in [5, 5.41) is 51.2. The molecule has 0 aliphatic carbocycles. The fourth-order valence-electron chi connectivity index (χ4n) is 2.52. The molecule has 32 heteroatoms. The summed E-state index contributed by atoms with van der Waals surface area (Å²) in [7, 11) is 0. The van der Waals surface area contributed by atoms with E-state index in [-0.39, 0.29) is 0 Å². The van der Waals surface area contributed by atoms with Gasteiger partial charge in [0.25, 0.3) is 0 Å². The summed E-state index contributed by atoms with van der Waals surface area (Å²) in [4.78, 5) is 7.44. The number of H-pyrrole nitrogens is 1. The molecule has 0 bridgehead atoms. The molecular weight excluding hydrogens is 1330 g/mol. The predicted octanol–water partition coefficient (Wildman–Crippen LogP) is 19.9. The lowest BCUT2D eigenvalue weighted by atomic mass is 10.2. The van der Waals surface area contributed by atoms with Gasteiger partial charge in [-0.1, -0.05) is 242 Å². The highest BCUT2D eigenvalue weighted by atomic mass is 32.1. The van der Waals surface area contributed by atoms with Gasteiger partial charge in [-0.3, -0.25) is 15.1 Å². The van der Waals surface area contributed by atoms with Crippen LogP contribution in [0.2, 0.25) is 0 Å². The highest BCUT2D eigenvalue weighted by Gasteiger charge is 2.02. The number of aromatic amines is 1. The SMILES string of the molecule is CC(C)C.CC(C)C.CC(C)C.CC(C)C.CC(C)C.CC(C)C.CC(C)C.CC(C)C.CC(C)c1cnon1.CC(C)c1cnsn1.CC(C)c1nnns1.c1cn[nH]c1.c1cnccn1.c1cnoc1.c1cnsc1.c1conn1.c1csnn1.c1nnon1.c1nnsn1. The molecule has 0 aliphatic rings. The Hall–Kier alpha value is -7.42. The first-order chi connectivity index (χ1) is 45.8. The minimum atomic E-state index is 0.418. The molecule has 552 valence electrons. The molecule has 27 nitrogen and oxygen atoms in total. The molecule has 0 radical (unpaired) electrons. The van der Waals surface area contributed by atoms with Crippen LogP contribution in [0, 0.1) is 47.3 Å². The Bertz CT molecular complexity index is 2100. The van der Waals surface area contributed by atoms with Gasteiger partial charge in [-0.2, -0.15) is 18.2 Å². The Morgan fingerprint density at radius 2 is 0.938 bits per heavy atom. The maximum absolute atomic E-state index is 4.38. The van der Waals surface area contributed by atoms with Crippen molar-refractivity contribution >= 4 is 58.1 Å². The van der Waals surface area contributed by atoms with Gasteiger partial charge in [0.2, 0.25) is 0 Å². The Labute approximate surface area is 603 Å². The largest absolute Gasteiger partial charge is 0.365 e. The number of hydrogen-bond acceptors (Lipinski definition) is 31. The van der Waals surface area contributed by atoms with Crippen molar-refractivity contribution in [2.75, 3.05) is 0 Å². The lowest BCUT2D eigenvalue weighted by Crippen LogP contribution is -1.84. The smallest absolute Gasteiger partial charge is 0.183 e. The Morgan fingerprint density at radius 1 is 0.381 bits per heavy atom. The van der Waals surface area contributed by atoms with Crippen molar-refractivity contribution in [2.24, 2.45) is 47.3 Å². The van der Waals surface area contributed by atoms with Crippen LogP contribution < -0.4 is 0 Å². The molecule has 0 atom stereocenters. The van der Waals surface area contributed by atoms with Gasteiger partial charge in [0.15, 0.2) is 12.7 Å².